The van der Waals surface area contributed by atoms with E-state index in [1.54, 1.807) is 31.5 Å². The van der Waals surface area contributed by atoms with Crippen LogP contribution in [0.5, 0.6) is 5.75 Å². The van der Waals surface area contributed by atoms with E-state index in [1.165, 1.54) is 12.8 Å². The van der Waals surface area contributed by atoms with Gasteiger partial charge in [0.05, 0.1) is 17.8 Å². The van der Waals surface area contributed by atoms with Gasteiger partial charge < -0.3 is 29.7 Å². The zero-order valence-corrected chi connectivity index (χ0v) is 36.6. The lowest BCUT2D eigenvalue weighted by molar-refractivity contribution is -0.136. The highest BCUT2D eigenvalue weighted by Crippen LogP contribution is 2.37. The molecule has 3 aromatic carbocycles. The van der Waals surface area contributed by atoms with Crippen LogP contribution in [0.15, 0.2) is 66.9 Å². The number of rotatable bonds is 18. The number of hydrogen-bond acceptors (Lipinski definition) is 10. The average molecular weight is 854 g/mol. The molecule has 0 saturated carbocycles. The molecule has 4 heterocycles. The van der Waals surface area contributed by atoms with Crippen LogP contribution in [0.1, 0.15) is 96.4 Å². The van der Waals surface area contributed by atoms with Crippen molar-refractivity contribution in [1.29, 1.82) is 0 Å². The Hall–Kier alpha value is -4.77. The highest BCUT2D eigenvalue weighted by atomic mass is 35.5. The number of halogens is 1. The van der Waals surface area contributed by atoms with Gasteiger partial charge in [-0.2, -0.15) is 0 Å². The maximum atomic E-state index is 13.1. The van der Waals surface area contributed by atoms with E-state index in [0.29, 0.717) is 48.3 Å². The fraction of sp³-hybridized carbons (Fsp3) is 0.457. The molecule has 1 atom stereocenters. The summed E-state index contributed by atoms with van der Waals surface area (Å²) in [5, 5.41) is 11.0. The van der Waals surface area contributed by atoms with Crippen LogP contribution < -0.4 is 30.9 Å². The SMILES string of the molecule is COc1cc(N2CCC(NCCCCCCCNc3cccc4c3CN(C3CCC(=O)NC3=O)C4=O)CC2)ccc1Cc1ncc(Cl)c(Cc2ccccc2P(C)(C)=O)n1. The van der Waals surface area contributed by atoms with Crippen molar-refractivity contribution in [2.45, 2.75) is 89.3 Å². The average Bonchev–Trinajstić information content (AvgIpc) is 3.57. The summed E-state index contributed by atoms with van der Waals surface area (Å²) in [6.45, 7) is 7.76. The summed E-state index contributed by atoms with van der Waals surface area (Å²) >= 11 is 6.56. The molecule has 12 nitrogen and oxygen atoms in total. The highest BCUT2D eigenvalue weighted by molar-refractivity contribution is 7.70. The van der Waals surface area contributed by atoms with Crippen molar-refractivity contribution in [1.82, 2.24) is 25.5 Å². The van der Waals surface area contributed by atoms with Crippen LogP contribution in [0.25, 0.3) is 0 Å². The number of methoxy groups -OCH3 is 1. The molecule has 7 rings (SSSR count). The molecule has 2 saturated heterocycles. The standard InChI is InChI=1S/C46H57ClN7O5P/c1-59-41-28-34(17-16-31(41)27-43-50-29-37(47)39(51-43)26-32-12-7-8-15-42(32)60(2,3)58)53-24-20-33(21-25-53)48-22-9-5-4-6-10-23-49-38-14-11-13-35-36(38)30-54(46(35)57)40-18-19-44(55)52-45(40)56/h7-8,11-17,28-29,33,40,48-49H,4-6,9-10,18-27,30H2,1-3H3,(H,52,55,56). The first-order chi connectivity index (χ1) is 29.0. The molecule has 14 heteroatoms. The molecule has 0 aliphatic carbocycles. The molecule has 3 aliphatic heterocycles. The fourth-order valence-corrected chi connectivity index (χ4v) is 10.1. The van der Waals surface area contributed by atoms with E-state index < -0.39 is 13.2 Å². The van der Waals surface area contributed by atoms with Crippen molar-refractivity contribution >= 4 is 53.1 Å². The first-order valence-electron chi connectivity index (χ1n) is 21.3. The van der Waals surface area contributed by atoms with E-state index in [-0.39, 0.29) is 24.1 Å². The summed E-state index contributed by atoms with van der Waals surface area (Å²) < 4.78 is 18.8. The number of fused-ring (bicyclic) bond motifs is 1. The predicted octanol–water partition coefficient (Wildman–Crippen LogP) is 6.95. The predicted molar refractivity (Wildman–Crippen MR) is 238 cm³/mol. The first kappa shape index (κ1) is 43.3. The second-order valence-electron chi connectivity index (χ2n) is 16.6. The molecule has 318 valence electrons. The van der Waals surface area contributed by atoms with Crippen molar-refractivity contribution in [3.63, 3.8) is 0 Å². The van der Waals surface area contributed by atoms with Gasteiger partial charge in [0.1, 0.15) is 24.8 Å². The van der Waals surface area contributed by atoms with E-state index in [2.05, 4.69) is 44.0 Å². The first-order valence-corrected chi connectivity index (χ1v) is 24.3. The van der Waals surface area contributed by atoms with Crippen LogP contribution in [0.3, 0.4) is 0 Å². The largest absolute Gasteiger partial charge is 0.496 e. The number of anilines is 2. The van der Waals surface area contributed by atoms with Gasteiger partial charge in [-0.15, -0.1) is 0 Å². The minimum absolute atomic E-state index is 0.145. The highest BCUT2D eigenvalue weighted by Gasteiger charge is 2.39. The van der Waals surface area contributed by atoms with Gasteiger partial charge >= 0.3 is 0 Å². The molecule has 1 unspecified atom stereocenters. The van der Waals surface area contributed by atoms with Gasteiger partial charge in [0.2, 0.25) is 11.8 Å². The molecule has 3 aliphatic rings. The number of aromatic nitrogens is 2. The molecule has 4 aromatic rings. The van der Waals surface area contributed by atoms with Crippen LogP contribution in [0.2, 0.25) is 5.02 Å². The Morgan fingerprint density at radius 2 is 1.67 bits per heavy atom. The Morgan fingerprint density at radius 3 is 2.43 bits per heavy atom. The van der Waals surface area contributed by atoms with E-state index in [4.69, 9.17) is 21.3 Å². The van der Waals surface area contributed by atoms with Gasteiger partial charge in [0.15, 0.2) is 0 Å². The van der Waals surface area contributed by atoms with Crippen molar-refractivity contribution in [2.75, 3.05) is 56.8 Å². The minimum atomic E-state index is -2.46. The third-order valence-electron chi connectivity index (χ3n) is 12.0. The third kappa shape index (κ3) is 10.6. The summed E-state index contributed by atoms with van der Waals surface area (Å²) in [5.74, 6) is 0.660. The Morgan fingerprint density at radius 1 is 0.900 bits per heavy atom. The molecule has 0 spiro atoms. The summed E-state index contributed by atoms with van der Waals surface area (Å²) in [5.41, 5.74) is 6.36. The molecule has 3 amide bonds. The number of nitrogens with one attached hydrogen (secondary N) is 3. The van der Waals surface area contributed by atoms with Crippen LogP contribution in [0.4, 0.5) is 11.4 Å². The number of hydrogen-bond donors (Lipinski definition) is 3. The molecular weight excluding hydrogens is 797 g/mol. The number of imide groups is 1. The van der Waals surface area contributed by atoms with Gasteiger partial charge in [-0.1, -0.05) is 67.3 Å². The Bertz CT molecular complexity index is 2240. The number of carbonyl (C=O) groups is 3. The Labute approximate surface area is 358 Å². The second-order valence-corrected chi connectivity index (χ2v) is 20.1. The number of piperidine rings is 2. The molecule has 60 heavy (non-hydrogen) atoms. The van der Waals surface area contributed by atoms with Crippen molar-refractivity contribution in [3.8, 4) is 5.75 Å². The number of amides is 3. The number of ether oxygens (including phenoxy) is 1. The lowest BCUT2D eigenvalue weighted by Gasteiger charge is -2.34. The summed E-state index contributed by atoms with van der Waals surface area (Å²) in [6.07, 6.45) is 11.1. The summed E-state index contributed by atoms with van der Waals surface area (Å²) in [6, 6.07) is 19.8. The van der Waals surface area contributed by atoms with Gasteiger partial charge in [0, 0.05) is 97.1 Å². The summed E-state index contributed by atoms with van der Waals surface area (Å²) in [4.78, 5) is 50.6. The number of carbonyl (C=O) groups excluding carboxylic acids is 3. The maximum Gasteiger partial charge on any atom is 0.255 e. The van der Waals surface area contributed by atoms with Gasteiger partial charge in [-0.25, -0.2) is 9.97 Å². The van der Waals surface area contributed by atoms with E-state index in [1.807, 2.05) is 42.5 Å². The van der Waals surface area contributed by atoms with Crippen molar-refractivity contribution < 1.29 is 23.7 Å². The molecule has 2 fully saturated rings. The number of benzene rings is 3. The van der Waals surface area contributed by atoms with E-state index >= 15 is 0 Å². The zero-order valence-electron chi connectivity index (χ0n) is 35.0. The third-order valence-corrected chi connectivity index (χ3v) is 13.9. The van der Waals surface area contributed by atoms with Crippen LogP contribution in [0, 0.1) is 0 Å². The van der Waals surface area contributed by atoms with Crippen molar-refractivity contribution in [3.05, 3.63) is 106 Å². The van der Waals surface area contributed by atoms with Crippen LogP contribution in [-0.4, -0.2) is 91.3 Å². The smallest absolute Gasteiger partial charge is 0.255 e. The molecule has 1 aromatic heterocycles. The normalized spacial score (nSPS) is 17.2. The van der Waals surface area contributed by atoms with Gasteiger partial charge in [-0.05, 0) is 75.7 Å². The second kappa shape index (κ2) is 19.7. The number of nitrogens with zero attached hydrogens (tertiary/aromatic N) is 4. The molecule has 0 bridgehead atoms. The van der Waals surface area contributed by atoms with Crippen LogP contribution >= 0.6 is 18.7 Å². The van der Waals surface area contributed by atoms with E-state index in [0.717, 1.165) is 103 Å². The summed E-state index contributed by atoms with van der Waals surface area (Å²) in [7, 11) is -0.759. The fourth-order valence-electron chi connectivity index (χ4n) is 8.67. The quantitative estimate of drug-likeness (QED) is 0.0547. The molecule has 3 N–H and O–H groups in total. The van der Waals surface area contributed by atoms with Crippen molar-refractivity contribution in [2.24, 2.45) is 0 Å². The lowest BCUT2D eigenvalue weighted by atomic mass is 10.0. The lowest BCUT2D eigenvalue weighted by Crippen LogP contribution is -2.52. The number of unbranched alkanes of at least 4 members (excludes halogenated alkanes) is 4. The minimum Gasteiger partial charge on any atom is -0.496 e. The van der Waals surface area contributed by atoms with Gasteiger partial charge in [0.25, 0.3) is 5.91 Å². The van der Waals surface area contributed by atoms with Gasteiger partial charge in [-0.3, -0.25) is 19.7 Å². The topological polar surface area (TPSA) is 146 Å². The monoisotopic (exact) mass is 853 g/mol. The maximum absolute atomic E-state index is 13.1. The molecular formula is C46H57ClN7O5P. The Kier molecular flexibility index (Phi) is 14.3. The van der Waals surface area contributed by atoms with Crippen LogP contribution in [-0.2, 0) is 33.5 Å². The van der Waals surface area contributed by atoms with E-state index in [9.17, 15) is 18.9 Å². The Balaban J connectivity index is 0.797. The molecule has 0 radical (unpaired) electrons. The zero-order chi connectivity index (χ0) is 42.2.